The van der Waals surface area contributed by atoms with Crippen LogP contribution in [0.4, 0.5) is 0 Å². The molecular weight excluding hydrogens is 298 g/mol. The van der Waals surface area contributed by atoms with Crippen LogP contribution in [0.5, 0.6) is 11.5 Å². The van der Waals surface area contributed by atoms with Crippen molar-refractivity contribution in [3.8, 4) is 11.5 Å². The highest BCUT2D eigenvalue weighted by Gasteiger charge is 2.41. The molecule has 1 N–H and O–H groups in total. The fourth-order valence-corrected chi connectivity index (χ4v) is 4.23. The van der Waals surface area contributed by atoms with E-state index >= 15 is 0 Å². The van der Waals surface area contributed by atoms with Crippen LogP contribution in [0, 0.1) is 0 Å². The van der Waals surface area contributed by atoms with E-state index in [0.717, 1.165) is 5.75 Å². The summed E-state index contributed by atoms with van der Waals surface area (Å²) in [5.41, 5.74) is 0.228. The zero-order valence-corrected chi connectivity index (χ0v) is 15.2. The molecule has 0 aromatic carbocycles. The number of thiophene rings is 1. The number of rotatable bonds is 6. The van der Waals surface area contributed by atoms with Gasteiger partial charge in [0.2, 0.25) is 0 Å². The molecule has 5 heteroatoms. The fraction of sp³-hybridized carbons (Fsp3) is 0.765. The molecule has 0 saturated carbocycles. The first-order valence-corrected chi connectivity index (χ1v) is 8.89. The standard InChI is InChI=1S/C17H29NO3S/c1-16(2)7-6-8-17(3,4)18(16)9-13(19)10-21-15-12-22-11-14(15)20-5/h11-13,19H,6-10H2,1-5H3. The molecule has 0 bridgehead atoms. The number of nitrogens with zero attached hydrogens (tertiary/aromatic N) is 1. The van der Waals surface area contributed by atoms with Gasteiger partial charge in [0.15, 0.2) is 11.5 Å². The van der Waals surface area contributed by atoms with Crippen molar-refractivity contribution < 1.29 is 14.6 Å². The third-order valence-electron chi connectivity index (χ3n) is 4.68. The lowest BCUT2D eigenvalue weighted by Crippen LogP contribution is -2.60. The molecule has 1 atom stereocenters. The quantitative estimate of drug-likeness (QED) is 0.868. The maximum absolute atomic E-state index is 10.4. The SMILES string of the molecule is COc1cscc1OCC(O)CN1C(C)(C)CCCC1(C)C. The van der Waals surface area contributed by atoms with Crippen molar-refractivity contribution >= 4 is 11.3 Å². The molecule has 126 valence electrons. The van der Waals surface area contributed by atoms with Gasteiger partial charge in [-0.15, -0.1) is 11.3 Å². The van der Waals surface area contributed by atoms with Crippen molar-refractivity contribution in [2.75, 3.05) is 20.3 Å². The van der Waals surface area contributed by atoms with Crippen LogP contribution < -0.4 is 9.47 Å². The Hall–Kier alpha value is -0.780. The Bertz CT molecular complexity index is 468. The first kappa shape index (κ1) is 17.6. The normalized spacial score (nSPS) is 22.3. The number of ether oxygens (including phenoxy) is 2. The highest BCUT2D eigenvalue weighted by atomic mass is 32.1. The summed E-state index contributed by atoms with van der Waals surface area (Å²) in [6, 6.07) is 0. The van der Waals surface area contributed by atoms with Gasteiger partial charge in [-0.3, -0.25) is 4.90 Å². The zero-order chi connectivity index (χ0) is 16.4. The summed E-state index contributed by atoms with van der Waals surface area (Å²) in [5.74, 6) is 1.44. The van der Waals surface area contributed by atoms with Crippen LogP contribution in [0.15, 0.2) is 10.8 Å². The lowest BCUT2D eigenvalue weighted by Gasteiger charge is -2.53. The van der Waals surface area contributed by atoms with E-state index < -0.39 is 6.10 Å². The minimum Gasteiger partial charge on any atom is -0.492 e. The zero-order valence-electron chi connectivity index (χ0n) is 14.4. The average Bonchev–Trinajstić information content (AvgIpc) is 2.87. The van der Waals surface area contributed by atoms with Gasteiger partial charge < -0.3 is 14.6 Å². The summed E-state index contributed by atoms with van der Waals surface area (Å²) in [6.45, 7) is 9.99. The summed E-state index contributed by atoms with van der Waals surface area (Å²) < 4.78 is 10.9. The number of β-amino-alcohol motifs (C(OH)–C–C–N with tert-alkyl or cyclic N) is 1. The van der Waals surface area contributed by atoms with Gasteiger partial charge in [-0.2, -0.15) is 0 Å². The predicted molar refractivity (Wildman–Crippen MR) is 91.1 cm³/mol. The van der Waals surface area contributed by atoms with Crippen LogP contribution in [-0.4, -0.2) is 47.4 Å². The Morgan fingerprint density at radius 3 is 2.36 bits per heavy atom. The molecule has 0 spiro atoms. The second kappa shape index (κ2) is 6.77. The molecule has 0 radical (unpaired) electrons. The second-order valence-corrected chi connectivity index (χ2v) is 8.10. The molecule has 1 unspecified atom stereocenters. The molecule has 0 amide bonds. The van der Waals surface area contributed by atoms with E-state index in [2.05, 4.69) is 32.6 Å². The van der Waals surface area contributed by atoms with Gasteiger partial charge in [0.25, 0.3) is 0 Å². The topological polar surface area (TPSA) is 41.9 Å². The number of piperidine rings is 1. The molecule has 4 nitrogen and oxygen atoms in total. The van der Waals surface area contributed by atoms with E-state index in [1.165, 1.54) is 30.6 Å². The van der Waals surface area contributed by atoms with Gasteiger partial charge in [-0.25, -0.2) is 0 Å². The fourth-order valence-electron chi connectivity index (χ4n) is 3.51. The molecule has 2 rings (SSSR count). The largest absolute Gasteiger partial charge is 0.492 e. The highest BCUT2D eigenvalue weighted by molar-refractivity contribution is 7.08. The number of methoxy groups -OCH3 is 1. The van der Waals surface area contributed by atoms with Crippen molar-refractivity contribution in [2.45, 2.75) is 64.1 Å². The highest BCUT2D eigenvalue weighted by Crippen LogP contribution is 2.38. The van der Waals surface area contributed by atoms with E-state index in [4.69, 9.17) is 9.47 Å². The molecule has 22 heavy (non-hydrogen) atoms. The van der Waals surface area contributed by atoms with Gasteiger partial charge in [-0.05, 0) is 47.0 Å². The van der Waals surface area contributed by atoms with Crippen LogP contribution in [0.3, 0.4) is 0 Å². The third kappa shape index (κ3) is 3.94. The van der Waals surface area contributed by atoms with Gasteiger partial charge in [0.1, 0.15) is 12.7 Å². The molecule has 1 aliphatic heterocycles. The summed E-state index contributed by atoms with van der Waals surface area (Å²) in [6.07, 6.45) is 3.07. The molecule has 1 saturated heterocycles. The van der Waals surface area contributed by atoms with E-state index in [9.17, 15) is 5.11 Å². The van der Waals surface area contributed by atoms with Gasteiger partial charge in [-0.1, -0.05) is 0 Å². The Kier molecular flexibility index (Phi) is 5.41. The third-order valence-corrected chi connectivity index (χ3v) is 5.38. The maximum Gasteiger partial charge on any atom is 0.171 e. The first-order chi connectivity index (χ1) is 10.3. The van der Waals surface area contributed by atoms with Crippen molar-refractivity contribution in [3.63, 3.8) is 0 Å². The number of aliphatic hydroxyl groups excluding tert-OH is 1. The Morgan fingerprint density at radius 1 is 1.18 bits per heavy atom. The lowest BCUT2D eigenvalue weighted by atomic mass is 9.79. The number of likely N-dealkylation sites (tertiary alicyclic amines) is 1. The van der Waals surface area contributed by atoms with Crippen molar-refractivity contribution in [1.29, 1.82) is 0 Å². The van der Waals surface area contributed by atoms with Crippen LogP contribution in [0.25, 0.3) is 0 Å². The van der Waals surface area contributed by atoms with Crippen molar-refractivity contribution in [3.05, 3.63) is 10.8 Å². The van der Waals surface area contributed by atoms with E-state index in [1.807, 2.05) is 10.8 Å². The second-order valence-electron chi connectivity index (χ2n) is 7.36. The number of aliphatic hydroxyl groups is 1. The van der Waals surface area contributed by atoms with Crippen LogP contribution in [0.1, 0.15) is 47.0 Å². The maximum atomic E-state index is 10.4. The Labute approximate surface area is 138 Å². The molecule has 1 aliphatic rings. The van der Waals surface area contributed by atoms with Gasteiger partial charge in [0.05, 0.1) is 7.11 Å². The van der Waals surface area contributed by atoms with Crippen LogP contribution >= 0.6 is 11.3 Å². The Morgan fingerprint density at radius 2 is 1.77 bits per heavy atom. The molecule has 1 fully saturated rings. The molecule has 1 aromatic rings. The van der Waals surface area contributed by atoms with Crippen molar-refractivity contribution in [1.82, 2.24) is 4.90 Å². The smallest absolute Gasteiger partial charge is 0.171 e. The summed E-state index contributed by atoms with van der Waals surface area (Å²) in [4.78, 5) is 2.43. The minimum absolute atomic E-state index is 0.114. The predicted octanol–water partition coefficient (Wildman–Crippen LogP) is 3.54. The average molecular weight is 327 g/mol. The molecule has 0 aliphatic carbocycles. The molecule has 2 heterocycles. The minimum atomic E-state index is -0.513. The van der Waals surface area contributed by atoms with E-state index in [0.29, 0.717) is 12.3 Å². The van der Waals surface area contributed by atoms with Gasteiger partial charge in [0, 0.05) is 28.4 Å². The number of hydrogen-bond donors (Lipinski definition) is 1. The van der Waals surface area contributed by atoms with E-state index in [-0.39, 0.29) is 17.7 Å². The van der Waals surface area contributed by atoms with Crippen LogP contribution in [-0.2, 0) is 0 Å². The summed E-state index contributed by atoms with van der Waals surface area (Å²) in [5, 5.41) is 14.2. The van der Waals surface area contributed by atoms with Gasteiger partial charge >= 0.3 is 0 Å². The molecule has 1 aromatic heterocycles. The molecular formula is C17H29NO3S. The first-order valence-electron chi connectivity index (χ1n) is 7.95. The lowest BCUT2D eigenvalue weighted by molar-refractivity contribution is -0.0607. The Balaban J connectivity index is 1.94. The number of hydrogen-bond acceptors (Lipinski definition) is 5. The monoisotopic (exact) mass is 327 g/mol. The summed E-state index contributed by atoms with van der Waals surface area (Å²) >= 11 is 1.54. The van der Waals surface area contributed by atoms with Crippen LogP contribution in [0.2, 0.25) is 0 Å². The van der Waals surface area contributed by atoms with E-state index in [1.54, 1.807) is 7.11 Å². The van der Waals surface area contributed by atoms with Crippen molar-refractivity contribution in [2.24, 2.45) is 0 Å². The summed E-state index contributed by atoms with van der Waals surface area (Å²) in [7, 11) is 1.63.